The molecule has 0 saturated heterocycles. The Balaban J connectivity index is 1.81. The Morgan fingerprint density at radius 1 is 1.40 bits per heavy atom. The highest BCUT2D eigenvalue weighted by molar-refractivity contribution is 5.70. The van der Waals surface area contributed by atoms with Crippen LogP contribution < -0.4 is 0 Å². The second kappa shape index (κ2) is 5.00. The van der Waals surface area contributed by atoms with Crippen molar-refractivity contribution in [3.8, 4) is 5.75 Å². The minimum atomic E-state index is -0.777. The van der Waals surface area contributed by atoms with Crippen LogP contribution in [0.25, 0.3) is 0 Å². The van der Waals surface area contributed by atoms with Gasteiger partial charge in [0.1, 0.15) is 11.5 Å². The van der Waals surface area contributed by atoms with Gasteiger partial charge in [-0.05, 0) is 12.5 Å². The fourth-order valence-electron chi connectivity index (χ4n) is 2.54. The highest BCUT2D eigenvalue weighted by atomic mass is 16.4. The Morgan fingerprint density at radius 3 is 2.95 bits per heavy atom. The summed E-state index contributed by atoms with van der Waals surface area (Å²) in [5.74, 6) is 0.383. The maximum absolute atomic E-state index is 11.0. The topological polar surface area (TPSA) is 83.6 Å². The molecule has 1 atom stereocenters. The molecule has 1 unspecified atom stereocenters. The lowest BCUT2D eigenvalue weighted by atomic mass is 9.90. The summed E-state index contributed by atoms with van der Waals surface area (Å²) in [5.41, 5.74) is 1.50. The van der Waals surface area contributed by atoms with E-state index in [1.807, 2.05) is 12.1 Å². The fraction of sp³-hybridized carbons (Fsp3) is 0.333. The van der Waals surface area contributed by atoms with Crippen LogP contribution in [0.5, 0.6) is 5.75 Å². The number of aliphatic carboxylic acids is 1. The van der Waals surface area contributed by atoms with Crippen LogP contribution in [0.15, 0.2) is 28.7 Å². The van der Waals surface area contributed by atoms with Gasteiger partial charge in [0.2, 0.25) is 0 Å². The summed E-state index contributed by atoms with van der Waals surface area (Å²) in [7, 11) is 0. The predicted molar refractivity (Wildman–Crippen MR) is 70.6 cm³/mol. The Kier molecular flexibility index (Phi) is 3.18. The van der Waals surface area contributed by atoms with Crippen molar-refractivity contribution in [2.45, 2.75) is 25.7 Å². The monoisotopic (exact) mass is 273 g/mol. The molecule has 1 heterocycles. The number of oxazole rings is 1. The van der Waals surface area contributed by atoms with Gasteiger partial charge in [0, 0.05) is 18.4 Å². The number of phenols is 1. The zero-order chi connectivity index (χ0) is 14.1. The SMILES string of the molecule is O=C(O)C1CCc2oc(Cc3ccccc3O)nc2C1. The summed E-state index contributed by atoms with van der Waals surface area (Å²) in [6.45, 7) is 0. The number of aryl methyl sites for hydroxylation is 1. The summed E-state index contributed by atoms with van der Waals surface area (Å²) < 4.78 is 5.68. The van der Waals surface area contributed by atoms with Gasteiger partial charge in [-0.2, -0.15) is 0 Å². The number of rotatable bonds is 3. The number of hydrogen-bond donors (Lipinski definition) is 2. The highest BCUT2D eigenvalue weighted by Crippen LogP contribution is 2.28. The third-order valence-electron chi connectivity index (χ3n) is 3.66. The van der Waals surface area contributed by atoms with E-state index < -0.39 is 5.97 Å². The van der Waals surface area contributed by atoms with E-state index in [1.54, 1.807) is 12.1 Å². The van der Waals surface area contributed by atoms with E-state index in [4.69, 9.17) is 9.52 Å². The maximum atomic E-state index is 11.0. The second-order valence-corrected chi connectivity index (χ2v) is 5.06. The van der Waals surface area contributed by atoms with Crippen LogP contribution in [-0.4, -0.2) is 21.2 Å². The van der Waals surface area contributed by atoms with Crippen molar-refractivity contribution in [1.82, 2.24) is 4.98 Å². The molecule has 5 heteroatoms. The van der Waals surface area contributed by atoms with Gasteiger partial charge in [-0.25, -0.2) is 4.98 Å². The van der Waals surface area contributed by atoms with E-state index >= 15 is 0 Å². The molecule has 20 heavy (non-hydrogen) atoms. The van der Waals surface area contributed by atoms with Crippen LogP contribution in [0.3, 0.4) is 0 Å². The summed E-state index contributed by atoms with van der Waals surface area (Å²) in [6, 6.07) is 7.05. The number of phenolic OH excluding ortho intramolecular Hbond substituents is 1. The van der Waals surface area contributed by atoms with Crippen LogP contribution in [0.2, 0.25) is 0 Å². The average molecular weight is 273 g/mol. The first-order valence-corrected chi connectivity index (χ1v) is 6.60. The lowest BCUT2D eigenvalue weighted by Crippen LogP contribution is -2.21. The average Bonchev–Trinajstić information content (AvgIpc) is 2.82. The molecule has 0 fully saturated rings. The smallest absolute Gasteiger partial charge is 0.306 e. The molecule has 1 aromatic carbocycles. The van der Waals surface area contributed by atoms with E-state index in [2.05, 4.69) is 4.98 Å². The second-order valence-electron chi connectivity index (χ2n) is 5.06. The first kappa shape index (κ1) is 12.7. The van der Waals surface area contributed by atoms with Gasteiger partial charge in [-0.1, -0.05) is 18.2 Å². The van der Waals surface area contributed by atoms with Gasteiger partial charge >= 0.3 is 5.97 Å². The number of carboxylic acid groups (broad SMARTS) is 1. The molecule has 0 aliphatic heterocycles. The third kappa shape index (κ3) is 2.39. The molecule has 0 bridgehead atoms. The first-order chi connectivity index (χ1) is 9.63. The van der Waals surface area contributed by atoms with Crippen molar-refractivity contribution in [3.63, 3.8) is 0 Å². The van der Waals surface area contributed by atoms with E-state index in [1.165, 1.54) is 0 Å². The van der Waals surface area contributed by atoms with Gasteiger partial charge in [-0.3, -0.25) is 4.79 Å². The minimum absolute atomic E-state index is 0.215. The van der Waals surface area contributed by atoms with Gasteiger partial charge in [-0.15, -0.1) is 0 Å². The Morgan fingerprint density at radius 2 is 2.20 bits per heavy atom. The lowest BCUT2D eigenvalue weighted by molar-refractivity contribution is -0.142. The van der Waals surface area contributed by atoms with Crippen molar-refractivity contribution in [2.75, 3.05) is 0 Å². The number of para-hydroxylation sites is 1. The molecular weight excluding hydrogens is 258 g/mol. The quantitative estimate of drug-likeness (QED) is 0.895. The Hall–Kier alpha value is -2.30. The van der Waals surface area contributed by atoms with Crippen LogP contribution >= 0.6 is 0 Å². The first-order valence-electron chi connectivity index (χ1n) is 6.60. The molecule has 2 aromatic rings. The molecule has 0 radical (unpaired) electrons. The summed E-state index contributed by atoms with van der Waals surface area (Å²) in [6.07, 6.45) is 2.04. The molecular formula is C15H15NO4. The zero-order valence-corrected chi connectivity index (χ0v) is 10.9. The Labute approximate surface area is 115 Å². The molecule has 3 rings (SSSR count). The highest BCUT2D eigenvalue weighted by Gasteiger charge is 2.28. The molecule has 1 aromatic heterocycles. The molecule has 0 spiro atoms. The van der Waals surface area contributed by atoms with Crippen LogP contribution in [0.4, 0.5) is 0 Å². The Bertz CT molecular complexity index is 647. The van der Waals surface area contributed by atoms with Crippen molar-refractivity contribution in [3.05, 3.63) is 47.2 Å². The predicted octanol–water partition coefficient (Wildman–Crippen LogP) is 2.16. The largest absolute Gasteiger partial charge is 0.508 e. The summed E-state index contributed by atoms with van der Waals surface area (Å²) in [5, 5.41) is 18.8. The molecule has 1 aliphatic rings. The molecule has 0 amide bonds. The van der Waals surface area contributed by atoms with E-state index in [-0.39, 0.29) is 11.7 Å². The van der Waals surface area contributed by atoms with Crippen LogP contribution in [0.1, 0.15) is 29.3 Å². The number of aromatic hydroxyl groups is 1. The number of nitrogens with zero attached hydrogens (tertiary/aromatic N) is 1. The van der Waals surface area contributed by atoms with E-state index in [0.717, 1.165) is 17.0 Å². The number of hydrogen-bond acceptors (Lipinski definition) is 4. The van der Waals surface area contributed by atoms with Crippen molar-refractivity contribution >= 4 is 5.97 Å². The van der Waals surface area contributed by atoms with Gasteiger partial charge in [0.05, 0.1) is 18.0 Å². The molecule has 104 valence electrons. The molecule has 0 saturated carbocycles. The number of fused-ring (bicyclic) bond motifs is 1. The van der Waals surface area contributed by atoms with Crippen molar-refractivity contribution in [1.29, 1.82) is 0 Å². The number of carbonyl (C=O) groups is 1. The summed E-state index contributed by atoms with van der Waals surface area (Å²) in [4.78, 5) is 15.4. The molecule has 5 nitrogen and oxygen atoms in total. The molecule has 2 N–H and O–H groups in total. The maximum Gasteiger partial charge on any atom is 0.306 e. The fourth-order valence-corrected chi connectivity index (χ4v) is 2.54. The van der Waals surface area contributed by atoms with E-state index in [9.17, 15) is 9.90 Å². The third-order valence-corrected chi connectivity index (χ3v) is 3.66. The van der Waals surface area contributed by atoms with Crippen LogP contribution in [-0.2, 0) is 24.1 Å². The van der Waals surface area contributed by atoms with E-state index in [0.29, 0.717) is 31.6 Å². The van der Waals surface area contributed by atoms with Crippen LogP contribution in [0, 0.1) is 5.92 Å². The molecule has 1 aliphatic carbocycles. The van der Waals surface area contributed by atoms with Gasteiger partial charge in [0.15, 0.2) is 5.89 Å². The minimum Gasteiger partial charge on any atom is -0.508 e. The summed E-state index contributed by atoms with van der Waals surface area (Å²) >= 11 is 0. The number of carboxylic acids is 1. The standard InChI is InChI=1S/C15H15NO4/c17-12-4-2-1-3-9(12)8-14-16-11-7-10(15(18)19)5-6-13(11)20-14/h1-4,10,17H,5-8H2,(H,18,19). The zero-order valence-electron chi connectivity index (χ0n) is 10.9. The number of aromatic nitrogens is 1. The van der Waals surface area contributed by atoms with Gasteiger partial charge in [0.25, 0.3) is 0 Å². The van der Waals surface area contributed by atoms with Gasteiger partial charge < -0.3 is 14.6 Å². The lowest BCUT2D eigenvalue weighted by Gasteiger charge is -2.15. The number of benzene rings is 1. The van der Waals surface area contributed by atoms with Crippen molar-refractivity contribution < 1.29 is 19.4 Å². The normalized spacial score (nSPS) is 17.7. The van der Waals surface area contributed by atoms with Crippen molar-refractivity contribution in [2.24, 2.45) is 5.92 Å².